The van der Waals surface area contributed by atoms with Crippen LogP contribution in [0.4, 0.5) is 5.82 Å². The number of benzene rings is 1. The minimum absolute atomic E-state index is 0.156. The van der Waals surface area contributed by atoms with E-state index in [4.69, 9.17) is 10.00 Å². The number of nitrogens with zero attached hydrogens (tertiary/aromatic N) is 4. The SMILES string of the molecule is CCOc1ccccc1CN1CCN(c2ccc(C#N)cn2)C[C@@H]1CCO. The van der Waals surface area contributed by atoms with Crippen molar-refractivity contribution >= 4 is 5.82 Å². The van der Waals surface area contributed by atoms with E-state index < -0.39 is 0 Å². The molecular formula is C21H26N4O2. The molecule has 3 rings (SSSR count). The number of ether oxygens (including phenoxy) is 1. The lowest BCUT2D eigenvalue weighted by Crippen LogP contribution is -2.53. The lowest BCUT2D eigenvalue weighted by Gasteiger charge is -2.42. The Balaban J connectivity index is 1.72. The summed E-state index contributed by atoms with van der Waals surface area (Å²) in [5.74, 6) is 1.81. The summed E-state index contributed by atoms with van der Waals surface area (Å²) in [6.07, 6.45) is 2.32. The topological polar surface area (TPSA) is 72.6 Å². The number of aromatic nitrogens is 1. The van der Waals surface area contributed by atoms with Gasteiger partial charge in [-0.1, -0.05) is 18.2 Å². The van der Waals surface area contributed by atoms with Gasteiger partial charge in [-0.05, 0) is 31.5 Å². The van der Waals surface area contributed by atoms with Crippen molar-refractivity contribution in [3.63, 3.8) is 0 Å². The molecule has 1 N–H and O–H groups in total. The third kappa shape index (κ3) is 4.76. The molecule has 0 unspecified atom stereocenters. The predicted molar refractivity (Wildman–Crippen MR) is 105 cm³/mol. The van der Waals surface area contributed by atoms with Crippen molar-refractivity contribution in [2.24, 2.45) is 0 Å². The zero-order chi connectivity index (χ0) is 19.1. The highest BCUT2D eigenvalue weighted by Gasteiger charge is 2.28. The Labute approximate surface area is 160 Å². The van der Waals surface area contributed by atoms with Crippen molar-refractivity contribution in [3.05, 3.63) is 53.7 Å². The summed E-state index contributed by atoms with van der Waals surface area (Å²) < 4.78 is 5.76. The van der Waals surface area contributed by atoms with E-state index in [0.29, 0.717) is 18.6 Å². The third-order valence-electron chi connectivity index (χ3n) is 4.91. The molecule has 0 radical (unpaired) electrons. The zero-order valence-corrected chi connectivity index (χ0v) is 15.7. The van der Waals surface area contributed by atoms with Gasteiger partial charge < -0.3 is 14.7 Å². The second-order valence-electron chi connectivity index (χ2n) is 6.64. The molecule has 1 aromatic heterocycles. The van der Waals surface area contributed by atoms with Crippen LogP contribution in [-0.2, 0) is 6.54 Å². The van der Waals surface area contributed by atoms with E-state index in [9.17, 15) is 5.11 Å². The molecule has 2 heterocycles. The quantitative estimate of drug-likeness (QED) is 0.811. The van der Waals surface area contributed by atoms with Crippen LogP contribution >= 0.6 is 0 Å². The molecule has 1 aliphatic heterocycles. The van der Waals surface area contributed by atoms with E-state index in [1.54, 1.807) is 12.3 Å². The number of hydrogen-bond acceptors (Lipinski definition) is 6. The highest BCUT2D eigenvalue weighted by Crippen LogP contribution is 2.25. The van der Waals surface area contributed by atoms with Crippen molar-refractivity contribution in [1.82, 2.24) is 9.88 Å². The van der Waals surface area contributed by atoms with Gasteiger partial charge in [0.05, 0.1) is 12.2 Å². The summed E-state index contributed by atoms with van der Waals surface area (Å²) in [6, 6.07) is 14.2. The van der Waals surface area contributed by atoms with Crippen molar-refractivity contribution in [3.8, 4) is 11.8 Å². The van der Waals surface area contributed by atoms with E-state index in [1.165, 1.54) is 5.56 Å². The standard InChI is InChI=1S/C21H26N4O2/c1-2-27-20-6-4-3-5-18(20)15-24-10-11-25(16-19(24)9-12-26)21-8-7-17(13-22)14-23-21/h3-8,14,19,26H,2,9-12,15-16H2,1H3/t19-/m0/s1. The molecule has 1 fully saturated rings. The lowest BCUT2D eigenvalue weighted by molar-refractivity contribution is 0.134. The number of hydrogen-bond donors (Lipinski definition) is 1. The molecule has 0 bridgehead atoms. The second-order valence-corrected chi connectivity index (χ2v) is 6.64. The Kier molecular flexibility index (Phi) is 6.64. The summed E-state index contributed by atoms with van der Waals surface area (Å²) in [5, 5.41) is 18.5. The Hall–Kier alpha value is -2.62. The Morgan fingerprint density at radius 1 is 1.26 bits per heavy atom. The summed E-state index contributed by atoms with van der Waals surface area (Å²) in [4.78, 5) is 9.06. The fraction of sp³-hybridized carbons (Fsp3) is 0.429. The van der Waals surface area contributed by atoms with Gasteiger partial charge in [0.25, 0.3) is 0 Å². The van der Waals surface area contributed by atoms with E-state index >= 15 is 0 Å². The molecule has 142 valence electrons. The number of piperazine rings is 1. The van der Waals surface area contributed by atoms with Crippen molar-refractivity contribution in [1.29, 1.82) is 5.26 Å². The number of pyridine rings is 1. The molecule has 27 heavy (non-hydrogen) atoms. The van der Waals surface area contributed by atoms with E-state index in [0.717, 1.165) is 37.7 Å². The highest BCUT2D eigenvalue weighted by atomic mass is 16.5. The van der Waals surface area contributed by atoms with Crippen LogP contribution in [0.25, 0.3) is 0 Å². The normalized spacial score (nSPS) is 17.5. The van der Waals surface area contributed by atoms with Gasteiger partial charge in [-0.15, -0.1) is 0 Å². The number of para-hydroxylation sites is 1. The molecule has 2 aromatic rings. The van der Waals surface area contributed by atoms with Crippen molar-refractivity contribution in [2.75, 3.05) is 37.7 Å². The first-order valence-electron chi connectivity index (χ1n) is 9.42. The number of anilines is 1. The van der Waals surface area contributed by atoms with Gasteiger partial charge >= 0.3 is 0 Å². The van der Waals surface area contributed by atoms with Crippen LogP contribution in [0.3, 0.4) is 0 Å². The van der Waals surface area contributed by atoms with Crippen LogP contribution in [0.2, 0.25) is 0 Å². The maximum absolute atomic E-state index is 9.54. The van der Waals surface area contributed by atoms with Crippen LogP contribution < -0.4 is 9.64 Å². The average molecular weight is 366 g/mol. The number of aliphatic hydroxyl groups excluding tert-OH is 1. The Morgan fingerprint density at radius 2 is 2.11 bits per heavy atom. The average Bonchev–Trinajstić information content (AvgIpc) is 2.71. The smallest absolute Gasteiger partial charge is 0.128 e. The van der Waals surface area contributed by atoms with E-state index in [-0.39, 0.29) is 12.6 Å². The Bertz CT molecular complexity index is 772. The summed E-state index contributed by atoms with van der Waals surface area (Å²) >= 11 is 0. The molecule has 6 nitrogen and oxygen atoms in total. The van der Waals surface area contributed by atoms with Crippen LogP contribution in [0.15, 0.2) is 42.6 Å². The largest absolute Gasteiger partial charge is 0.494 e. The van der Waals surface area contributed by atoms with E-state index in [1.807, 2.05) is 31.2 Å². The maximum atomic E-state index is 9.54. The molecule has 1 aromatic carbocycles. The summed E-state index contributed by atoms with van der Waals surface area (Å²) in [5.41, 5.74) is 1.74. The van der Waals surface area contributed by atoms with Gasteiger partial charge in [-0.2, -0.15) is 5.26 Å². The van der Waals surface area contributed by atoms with Crippen molar-refractivity contribution in [2.45, 2.75) is 25.9 Å². The van der Waals surface area contributed by atoms with Crippen molar-refractivity contribution < 1.29 is 9.84 Å². The van der Waals surface area contributed by atoms with Gasteiger partial charge in [-0.25, -0.2) is 4.98 Å². The van der Waals surface area contributed by atoms with Gasteiger partial charge in [0.15, 0.2) is 0 Å². The van der Waals surface area contributed by atoms with Gasteiger partial charge in [0, 0.05) is 50.6 Å². The van der Waals surface area contributed by atoms with E-state index in [2.05, 4.69) is 26.9 Å². The minimum Gasteiger partial charge on any atom is -0.494 e. The first kappa shape index (κ1) is 19.2. The zero-order valence-electron chi connectivity index (χ0n) is 15.7. The van der Waals surface area contributed by atoms with Gasteiger partial charge in [0.1, 0.15) is 17.6 Å². The first-order valence-corrected chi connectivity index (χ1v) is 9.42. The second kappa shape index (κ2) is 9.36. The molecule has 0 saturated carbocycles. The van der Waals surface area contributed by atoms with Gasteiger partial charge in [0.2, 0.25) is 0 Å². The molecule has 0 spiro atoms. The Morgan fingerprint density at radius 3 is 2.81 bits per heavy atom. The number of aliphatic hydroxyl groups is 1. The molecule has 0 aliphatic carbocycles. The van der Waals surface area contributed by atoms with Gasteiger partial charge in [-0.3, -0.25) is 4.90 Å². The molecule has 1 saturated heterocycles. The fourth-order valence-electron chi connectivity index (χ4n) is 3.52. The third-order valence-corrected chi connectivity index (χ3v) is 4.91. The molecule has 1 atom stereocenters. The fourth-order valence-corrected chi connectivity index (χ4v) is 3.52. The molecule has 6 heteroatoms. The maximum Gasteiger partial charge on any atom is 0.128 e. The van der Waals surface area contributed by atoms with Crippen LogP contribution in [0, 0.1) is 11.3 Å². The highest BCUT2D eigenvalue weighted by molar-refractivity contribution is 5.42. The van der Waals surface area contributed by atoms with Crippen LogP contribution in [-0.4, -0.2) is 53.9 Å². The van der Waals surface area contributed by atoms with Crippen LogP contribution in [0.1, 0.15) is 24.5 Å². The molecule has 0 amide bonds. The van der Waals surface area contributed by atoms with Crippen LogP contribution in [0.5, 0.6) is 5.75 Å². The first-order chi connectivity index (χ1) is 13.2. The lowest BCUT2D eigenvalue weighted by atomic mass is 10.1. The predicted octanol–water partition coefficient (Wildman–Crippen LogP) is 2.43. The summed E-state index contributed by atoms with van der Waals surface area (Å²) in [6.45, 7) is 6.14. The molecule has 1 aliphatic rings. The summed E-state index contributed by atoms with van der Waals surface area (Å²) in [7, 11) is 0. The number of rotatable bonds is 7. The monoisotopic (exact) mass is 366 g/mol. The molecular weight excluding hydrogens is 340 g/mol. The minimum atomic E-state index is 0.156. The number of nitriles is 1.